The summed E-state index contributed by atoms with van der Waals surface area (Å²) in [6.07, 6.45) is 10.2. The number of nitrogens with zero attached hydrogens (tertiary/aromatic N) is 2. The van der Waals surface area contributed by atoms with Crippen molar-refractivity contribution in [3.05, 3.63) is 217 Å². The maximum Gasteiger partial charge on any atom is 0.0802 e. The Morgan fingerprint density at radius 3 is 1.63 bits per heavy atom. The fourth-order valence-electron chi connectivity index (χ4n) is 8.35. The molecule has 1 heterocycles. The fourth-order valence-corrected chi connectivity index (χ4v) is 8.35. The summed E-state index contributed by atoms with van der Waals surface area (Å²) in [7, 11) is 0. The van der Waals surface area contributed by atoms with E-state index in [-0.39, 0.29) is 5.54 Å². The third kappa shape index (κ3) is 6.67. The first-order chi connectivity index (χ1) is 26.6. The zero-order valence-corrected chi connectivity index (χ0v) is 30.7. The van der Waals surface area contributed by atoms with Crippen LogP contribution in [0.3, 0.4) is 0 Å². The van der Waals surface area contributed by atoms with Crippen LogP contribution in [-0.2, 0) is 12.1 Å². The number of benzene rings is 7. The van der Waals surface area contributed by atoms with Gasteiger partial charge in [-0.3, -0.25) is 0 Å². The highest BCUT2D eigenvalue weighted by Gasteiger charge is 2.50. The normalized spacial score (nSPS) is 18.6. The summed E-state index contributed by atoms with van der Waals surface area (Å²) in [5, 5.41) is 5.12. The largest absolute Gasteiger partial charge is 0.220 e. The van der Waals surface area contributed by atoms with Crippen LogP contribution in [0.5, 0.6) is 0 Å². The van der Waals surface area contributed by atoms with Crippen LogP contribution in [0.2, 0.25) is 0 Å². The Hall–Kier alpha value is -6.06. The van der Waals surface area contributed by atoms with Gasteiger partial charge in [0.25, 0.3) is 0 Å². The Bertz CT molecular complexity index is 2430. The van der Waals surface area contributed by atoms with Crippen molar-refractivity contribution >= 4 is 0 Å². The lowest BCUT2D eigenvalue weighted by molar-refractivity contribution is 0.0976. The van der Waals surface area contributed by atoms with E-state index < -0.39 is 0 Å². The lowest BCUT2D eigenvalue weighted by atomic mass is 9.74. The summed E-state index contributed by atoms with van der Waals surface area (Å²) in [5.74, 6) is 0.296. The van der Waals surface area contributed by atoms with Crippen LogP contribution < -0.4 is 0 Å². The van der Waals surface area contributed by atoms with Crippen LogP contribution in [0.25, 0.3) is 55.6 Å². The van der Waals surface area contributed by atoms with Gasteiger partial charge in [-0.2, -0.15) is 0 Å². The molecule has 7 aromatic carbocycles. The molecule has 2 heteroatoms. The Balaban J connectivity index is 1.26. The summed E-state index contributed by atoms with van der Waals surface area (Å²) in [4.78, 5) is 0. The van der Waals surface area contributed by atoms with E-state index in [4.69, 9.17) is 0 Å². The maximum atomic E-state index is 2.61. The van der Waals surface area contributed by atoms with Gasteiger partial charge in [0.2, 0.25) is 0 Å². The predicted octanol–water partition coefficient (Wildman–Crippen LogP) is 13.1. The molecule has 262 valence electrons. The van der Waals surface area contributed by atoms with Gasteiger partial charge in [0.15, 0.2) is 0 Å². The minimum absolute atomic E-state index is 0.292. The molecule has 0 aromatic heterocycles. The van der Waals surface area contributed by atoms with Gasteiger partial charge >= 0.3 is 0 Å². The van der Waals surface area contributed by atoms with Gasteiger partial charge in [0, 0.05) is 12.5 Å². The van der Waals surface area contributed by atoms with Gasteiger partial charge in [-0.25, -0.2) is 10.0 Å². The molecule has 0 saturated carbocycles. The minimum atomic E-state index is -0.292. The third-order valence-electron chi connectivity index (χ3n) is 11.4. The number of hydrazine groups is 1. The van der Waals surface area contributed by atoms with Crippen LogP contribution >= 0.6 is 0 Å². The molecule has 0 radical (unpaired) electrons. The molecule has 0 amide bonds. The van der Waals surface area contributed by atoms with Crippen molar-refractivity contribution in [3.63, 3.8) is 0 Å². The SMILES string of the molecule is CC(c1cc(-c2ccccc2-c2ccccc2)cc(-c2ccc(-c3ccccc3)cc2-c2ccccc2)c1)(C1C=CC=CC1)N1CN1Cc1ccccc1. The van der Waals surface area contributed by atoms with Gasteiger partial charge in [0.1, 0.15) is 0 Å². The first kappa shape index (κ1) is 33.8. The average molecular weight is 697 g/mol. The first-order valence-electron chi connectivity index (χ1n) is 19.1. The number of hydrogen-bond acceptors (Lipinski definition) is 2. The molecule has 1 fully saturated rings. The monoisotopic (exact) mass is 696 g/mol. The molecule has 0 bridgehead atoms. The van der Waals surface area contributed by atoms with E-state index in [1.165, 1.54) is 66.8 Å². The second-order valence-electron chi connectivity index (χ2n) is 14.7. The maximum absolute atomic E-state index is 2.61. The van der Waals surface area contributed by atoms with E-state index in [2.05, 4.69) is 223 Å². The lowest BCUT2D eigenvalue weighted by Gasteiger charge is -2.39. The van der Waals surface area contributed by atoms with Crippen LogP contribution in [0.1, 0.15) is 24.5 Å². The van der Waals surface area contributed by atoms with Crippen LogP contribution in [-0.4, -0.2) is 16.7 Å². The van der Waals surface area contributed by atoms with E-state index in [1.54, 1.807) is 0 Å². The highest BCUT2D eigenvalue weighted by Crippen LogP contribution is 2.49. The molecular weight excluding hydrogens is 653 g/mol. The van der Waals surface area contributed by atoms with E-state index >= 15 is 0 Å². The molecule has 9 rings (SSSR count). The Morgan fingerprint density at radius 1 is 0.481 bits per heavy atom. The highest BCUT2D eigenvalue weighted by atomic mass is 15.8. The van der Waals surface area contributed by atoms with Crippen LogP contribution in [0.4, 0.5) is 0 Å². The lowest BCUT2D eigenvalue weighted by Crippen LogP contribution is -2.41. The number of allylic oxidation sites excluding steroid dienone is 3. The molecule has 54 heavy (non-hydrogen) atoms. The van der Waals surface area contributed by atoms with Crippen molar-refractivity contribution in [1.82, 2.24) is 10.0 Å². The smallest absolute Gasteiger partial charge is 0.0802 e. The third-order valence-corrected chi connectivity index (χ3v) is 11.4. The van der Waals surface area contributed by atoms with Crippen molar-refractivity contribution in [2.45, 2.75) is 25.4 Å². The summed E-state index contributed by atoms with van der Waals surface area (Å²) in [5.41, 5.74) is 14.6. The second kappa shape index (κ2) is 14.8. The van der Waals surface area contributed by atoms with Crippen LogP contribution in [0, 0.1) is 5.92 Å². The molecule has 1 saturated heterocycles. The molecule has 7 aromatic rings. The molecule has 2 nitrogen and oxygen atoms in total. The fraction of sp³-hybridized carbons (Fsp3) is 0.115. The molecular formula is C52H44N2. The van der Waals surface area contributed by atoms with E-state index in [0.29, 0.717) is 5.92 Å². The summed E-state index contributed by atoms with van der Waals surface area (Å²) < 4.78 is 0. The number of rotatable bonds is 10. The van der Waals surface area contributed by atoms with Gasteiger partial charge in [0.05, 0.1) is 12.2 Å². The zero-order chi connectivity index (χ0) is 36.3. The second-order valence-corrected chi connectivity index (χ2v) is 14.7. The quantitative estimate of drug-likeness (QED) is 0.131. The Kier molecular flexibility index (Phi) is 9.22. The van der Waals surface area contributed by atoms with Crippen molar-refractivity contribution in [2.75, 3.05) is 6.67 Å². The summed E-state index contributed by atoms with van der Waals surface area (Å²) in [6.45, 7) is 4.28. The van der Waals surface area contributed by atoms with Crippen molar-refractivity contribution in [3.8, 4) is 55.6 Å². The first-order valence-corrected chi connectivity index (χ1v) is 19.1. The van der Waals surface area contributed by atoms with Crippen molar-refractivity contribution in [1.29, 1.82) is 0 Å². The minimum Gasteiger partial charge on any atom is -0.220 e. The number of hydrogen-bond donors (Lipinski definition) is 0. The summed E-state index contributed by atoms with van der Waals surface area (Å²) >= 11 is 0. The average Bonchev–Trinajstić information content (AvgIpc) is 4.04. The van der Waals surface area contributed by atoms with Gasteiger partial charge in [-0.1, -0.05) is 182 Å². The molecule has 4 unspecified atom stereocenters. The predicted molar refractivity (Wildman–Crippen MR) is 226 cm³/mol. The topological polar surface area (TPSA) is 6.02 Å². The molecule has 1 aliphatic heterocycles. The van der Waals surface area contributed by atoms with Gasteiger partial charge in [-0.05, 0) is 104 Å². The Labute approximate surface area is 320 Å². The molecule has 0 spiro atoms. The van der Waals surface area contributed by atoms with Gasteiger partial charge < -0.3 is 0 Å². The summed E-state index contributed by atoms with van der Waals surface area (Å²) in [6, 6.07) is 66.6. The Morgan fingerprint density at radius 2 is 1.02 bits per heavy atom. The molecule has 1 aliphatic carbocycles. The van der Waals surface area contributed by atoms with E-state index in [9.17, 15) is 0 Å². The van der Waals surface area contributed by atoms with E-state index in [0.717, 1.165) is 19.6 Å². The zero-order valence-electron chi connectivity index (χ0n) is 30.7. The molecule has 0 N–H and O–H groups in total. The van der Waals surface area contributed by atoms with Crippen molar-refractivity contribution in [2.24, 2.45) is 5.92 Å². The van der Waals surface area contributed by atoms with Crippen molar-refractivity contribution < 1.29 is 0 Å². The highest BCUT2D eigenvalue weighted by molar-refractivity contribution is 5.91. The molecule has 4 atom stereocenters. The van der Waals surface area contributed by atoms with Crippen LogP contribution in [0.15, 0.2) is 206 Å². The van der Waals surface area contributed by atoms with E-state index in [1.807, 2.05) is 0 Å². The van der Waals surface area contributed by atoms with Gasteiger partial charge in [-0.15, -0.1) is 0 Å². The standard InChI is InChI=1S/C52H44N2/c1-52(46-27-15-6-16-28-46,54-38-53(54)37-39-19-7-2-8-20-39)47-34-44(49-30-18-17-29-48(49)41-23-11-4-12-24-41)33-45(35-47)50-32-31-43(40-21-9-3-10-22-40)36-51(50)42-25-13-5-14-26-42/h2-27,29-36,46H,28,37-38H2,1H3. The molecule has 2 aliphatic rings.